The molecule has 0 spiro atoms. The maximum Gasteiger partial charge on any atom is 0.333 e. The van der Waals surface area contributed by atoms with Crippen LogP contribution in [0.15, 0.2) is 48.5 Å². The Kier molecular flexibility index (Phi) is 5.48. The van der Waals surface area contributed by atoms with Crippen LogP contribution in [-0.2, 0) is 9.53 Å². The molecule has 1 unspecified atom stereocenters. The first kappa shape index (κ1) is 15.7. The highest BCUT2D eigenvalue weighted by atomic mass is 35.5. The maximum absolute atomic E-state index is 12.2. The van der Waals surface area contributed by atoms with E-state index in [4.69, 9.17) is 27.9 Å². The number of benzene rings is 2. The number of carbonyl (C=O) groups excluding carboxylic acids is 1. The van der Waals surface area contributed by atoms with Crippen molar-refractivity contribution in [2.75, 3.05) is 11.9 Å². The van der Waals surface area contributed by atoms with Crippen molar-refractivity contribution in [1.82, 2.24) is 0 Å². The van der Waals surface area contributed by atoms with Crippen LogP contribution in [0.5, 0.6) is 0 Å². The Morgan fingerprint density at radius 3 is 2.52 bits per heavy atom. The summed E-state index contributed by atoms with van der Waals surface area (Å²) in [5, 5.41) is 4.08. The molecule has 0 saturated carbocycles. The predicted octanol–water partition coefficient (Wildman–Crippen LogP) is 4.71. The molecule has 0 saturated heterocycles. The number of ether oxygens (including phenoxy) is 1. The molecule has 0 aliphatic heterocycles. The molecule has 0 fully saturated rings. The SMILES string of the molecule is CCOC(=O)C(Nc1ccccc1)c1ccc(Cl)cc1Cl. The Morgan fingerprint density at radius 1 is 1.19 bits per heavy atom. The Balaban J connectivity index is 2.33. The molecule has 0 aliphatic rings. The van der Waals surface area contributed by atoms with Gasteiger partial charge in [0.05, 0.1) is 6.61 Å². The van der Waals surface area contributed by atoms with Crippen molar-refractivity contribution in [1.29, 1.82) is 0 Å². The minimum absolute atomic E-state index is 0.303. The molecular weight excluding hydrogens is 309 g/mol. The molecule has 5 heteroatoms. The topological polar surface area (TPSA) is 38.3 Å². The Hall–Kier alpha value is -1.71. The molecule has 1 atom stereocenters. The molecule has 0 aliphatic carbocycles. The van der Waals surface area contributed by atoms with E-state index in [1.807, 2.05) is 30.3 Å². The Labute approximate surface area is 133 Å². The lowest BCUT2D eigenvalue weighted by Gasteiger charge is -2.20. The second-order valence-corrected chi connectivity index (χ2v) is 5.20. The van der Waals surface area contributed by atoms with Crippen LogP contribution in [-0.4, -0.2) is 12.6 Å². The molecular formula is C16H15Cl2NO2. The van der Waals surface area contributed by atoms with E-state index in [1.54, 1.807) is 25.1 Å². The normalized spacial score (nSPS) is 11.8. The molecule has 3 nitrogen and oxygen atoms in total. The lowest BCUT2D eigenvalue weighted by atomic mass is 10.1. The number of halogens is 2. The van der Waals surface area contributed by atoms with Crippen LogP contribution in [0.2, 0.25) is 10.0 Å². The zero-order chi connectivity index (χ0) is 15.2. The van der Waals surface area contributed by atoms with Crippen molar-refractivity contribution in [3.63, 3.8) is 0 Å². The van der Waals surface area contributed by atoms with Crippen molar-refractivity contribution in [2.45, 2.75) is 13.0 Å². The number of anilines is 1. The molecule has 21 heavy (non-hydrogen) atoms. The first-order valence-electron chi connectivity index (χ1n) is 6.55. The highest BCUT2D eigenvalue weighted by Crippen LogP contribution is 2.29. The molecule has 2 aromatic rings. The molecule has 0 aromatic heterocycles. The third kappa shape index (κ3) is 4.13. The third-order valence-electron chi connectivity index (χ3n) is 2.88. The number of para-hydroxylation sites is 1. The zero-order valence-electron chi connectivity index (χ0n) is 11.5. The van der Waals surface area contributed by atoms with E-state index in [9.17, 15) is 4.79 Å². The van der Waals surface area contributed by atoms with Crippen LogP contribution >= 0.6 is 23.2 Å². The number of nitrogens with one attached hydrogen (secondary N) is 1. The average Bonchev–Trinajstić information content (AvgIpc) is 2.47. The van der Waals surface area contributed by atoms with Crippen molar-refractivity contribution >= 4 is 34.9 Å². The number of esters is 1. The van der Waals surface area contributed by atoms with Gasteiger partial charge in [0.1, 0.15) is 0 Å². The highest BCUT2D eigenvalue weighted by Gasteiger charge is 2.24. The van der Waals surface area contributed by atoms with E-state index < -0.39 is 6.04 Å². The standard InChI is InChI=1S/C16H15Cl2NO2/c1-2-21-16(20)15(19-12-6-4-3-5-7-12)13-9-8-11(17)10-14(13)18/h3-10,15,19H,2H2,1H3. The van der Waals surface area contributed by atoms with Gasteiger partial charge in [-0.25, -0.2) is 4.79 Å². The molecule has 0 bridgehead atoms. The summed E-state index contributed by atoms with van der Waals surface area (Å²) in [6.07, 6.45) is 0. The number of carbonyl (C=O) groups is 1. The molecule has 1 N–H and O–H groups in total. The van der Waals surface area contributed by atoms with E-state index in [0.29, 0.717) is 22.2 Å². The van der Waals surface area contributed by atoms with E-state index in [0.717, 1.165) is 5.69 Å². The largest absolute Gasteiger partial charge is 0.464 e. The van der Waals surface area contributed by atoms with Gasteiger partial charge in [-0.2, -0.15) is 0 Å². The van der Waals surface area contributed by atoms with Crippen LogP contribution in [0.25, 0.3) is 0 Å². The van der Waals surface area contributed by atoms with Gasteiger partial charge in [-0.05, 0) is 31.2 Å². The van der Waals surface area contributed by atoms with Crippen LogP contribution in [0.1, 0.15) is 18.5 Å². The molecule has 0 heterocycles. The van der Waals surface area contributed by atoms with Gasteiger partial charge in [-0.3, -0.25) is 0 Å². The number of hydrogen-bond donors (Lipinski definition) is 1. The third-order valence-corrected chi connectivity index (χ3v) is 3.44. The summed E-state index contributed by atoms with van der Waals surface area (Å²) >= 11 is 12.1. The summed E-state index contributed by atoms with van der Waals surface area (Å²) in [5.74, 6) is -0.384. The van der Waals surface area contributed by atoms with E-state index in [-0.39, 0.29) is 5.97 Å². The van der Waals surface area contributed by atoms with Crippen LogP contribution in [0, 0.1) is 0 Å². The summed E-state index contributed by atoms with van der Waals surface area (Å²) in [6.45, 7) is 2.07. The fraction of sp³-hybridized carbons (Fsp3) is 0.188. The van der Waals surface area contributed by atoms with Gasteiger partial charge in [0.2, 0.25) is 0 Å². The first-order chi connectivity index (χ1) is 10.1. The molecule has 0 amide bonds. The summed E-state index contributed by atoms with van der Waals surface area (Å²) in [5.41, 5.74) is 1.44. The summed E-state index contributed by atoms with van der Waals surface area (Å²) in [7, 11) is 0. The van der Waals surface area contributed by atoms with Crippen molar-refractivity contribution < 1.29 is 9.53 Å². The average molecular weight is 324 g/mol. The quantitative estimate of drug-likeness (QED) is 0.810. The van der Waals surface area contributed by atoms with Crippen molar-refractivity contribution in [3.8, 4) is 0 Å². The van der Waals surface area contributed by atoms with Gasteiger partial charge in [-0.15, -0.1) is 0 Å². The molecule has 0 radical (unpaired) electrons. The molecule has 110 valence electrons. The lowest BCUT2D eigenvalue weighted by molar-refractivity contribution is -0.144. The second kappa shape index (κ2) is 7.34. The monoisotopic (exact) mass is 323 g/mol. The number of rotatable bonds is 5. The van der Waals surface area contributed by atoms with Gasteiger partial charge in [0, 0.05) is 21.3 Å². The lowest BCUT2D eigenvalue weighted by Crippen LogP contribution is -2.23. The van der Waals surface area contributed by atoms with Crippen LogP contribution in [0.4, 0.5) is 5.69 Å². The minimum Gasteiger partial charge on any atom is -0.464 e. The van der Waals surface area contributed by atoms with Gasteiger partial charge in [0.25, 0.3) is 0 Å². The van der Waals surface area contributed by atoms with Crippen LogP contribution in [0.3, 0.4) is 0 Å². The summed E-state index contributed by atoms with van der Waals surface area (Å²) < 4.78 is 5.12. The van der Waals surface area contributed by atoms with Gasteiger partial charge >= 0.3 is 5.97 Å². The highest BCUT2D eigenvalue weighted by molar-refractivity contribution is 6.35. The fourth-order valence-corrected chi connectivity index (χ4v) is 2.44. The van der Waals surface area contributed by atoms with Crippen molar-refractivity contribution in [3.05, 3.63) is 64.1 Å². The predicted molar refractivity (Wildman–Crippen MR) is 85.9 cm³/mol. The summed E-state index contributed by atoms with van der Waals surface area (Å²) in [6, 6.07) is 13.8. The first-order valence-corrected chi connectivity index (χ1v) is 7.30. The smallest absolute Gasteiger partial charge is 0.333 e. The van der Waals surface area contributed by atoms with Gasteiger partial charge < -0.3 is 10.1 Å². The van der Waals surface area contributed by atoms with Gasteiger partial charge in [-0.1, -0.05) is 47.5 Å². The minimum atomic E-state index is -0.683. The molecule has 2 rings (SSSR count). The Bertz CT molecular complexity index is 617. The number of hydrogen-bond acceptors (Lipinski definition) is 3. The Morgan fingerprint density at radius 2 is 1.90 bits per heavy atom. The van der Waals surface area contributed by atoms with Crippen LogP contribution < -0.4 is 5.32 Å². The van der Waals surface area contributed by atoms with E-state index in [2.05, 4.69) is 5.32 Å². The van der Waals surface area contributed by atoms with E-state index >= 15 is 0 Å². The zero-order valence-corrected chi connectivity index (χ0v) is 13.0. The van der Waals surface area contributed by atoms with Gasteiger partial charge in [0.15, 0.2) is 6.04 Å². The fourth-order valence-electron chi connectivity index (χ4n) is 1.93. The molecule has 2 aromatic carbocycles. The van der Waals surface area contributed by atoms with E-state index in [1.165, 1.54) is 0 Å². The second-order valence-electron chi connectivity index (χ2n) is 4.36. The summed E-state index contributed by atoms with van der Waals surface area (Å²) in [4.78, 5) is 12.2. The maximum atomic E-state index is 12.2. The van der Waals surface area contributed by atoms with Crippen molar-refractivity contribution in [2.24, 2.45) is 0 Å².